The quantitative estimate of drug-likeness (QED) is 0.671. The number of nitrogens with zero attached hydrogens (tertiary/aromatic N) is 1. The summed E-state index contributed by atoms with van der Waals surface area (Å²) in [6, 6.07) is 11.2. The van der Waals surface area contributed by atoms with Crippen LogP contribution in [0.4, 0.5) is 5.69 Å². The van der Waals surface area contributed by atoms with Crippen LogP contribution in [0, 0.1) is 0 Å². The van der Waals surface area contributed by atoms with Crippen LogP contribution < -0.4 is 23.8 Å². The smallest absolute Gasteiger partial charge is 0.226 e. The van der Waals surface area contributed by atoms with Gasteiger partial charge in [-0.05, 0) is 42.7 Å². The molecule has 0 heterocycles. The molecule has 27 heavy (non-hydrogen) atoms. The zero-order valence-corrected chi connectivity index (χ0v) is 16.6. The maximum Gasteiger partial charge on any atom is 0.226 e. The molecule has 0 aliphatic heterocycles. The van der Waals surface area contributed by atoms with Gasteiger partial charge in [0.2, 0.25) is 5.91 Å². The summed E-state index contributed by atoms with van der Waals surface area (Å²) in [7, 11) is 8.15. The Morgan fingerprint density at radius 3 is 1.96 bits per heavy atom. The normalized spacial score (nSPS) is 10.3. The van der Waals surface area contributed by atoms with Gasteiger partial charge in [0, 0.05) is 25.2 Å². The van der Waals surface area contributed by atoms with Gasteiger partial charge in [-0.2, -0.15) is 0 Å². The van der Waals surface area contributed by atoms with Gasteiger partial charge in [-0.15, -0.1) is 0 Å². The van der Waals surface area contributed by atoms with Crippen molar-refractivity contribution in [1.82, 2.24) is 0 Å². The number of carbonyl (C=O) groups is 1. The van der Waals surface area contributed by atoms with Crippen LogP contribution in [0.1, 0.15) is 18.4 Å². The van der Waals surface area contributed by atoms with E-state index in [2.05, 4.69) is 0 Å². The van der Waals surface area contributed by atoms with Gasteiger partial charge in [0.1, 0.15) is 0 Å². The molecule has 0 aromatic heterocycles. The molecule has 0 fully saturated rings. The molecule has 6 nitrogen and oxygen atoms in total. The lowest BCUT2D eigenvalue weighted by molar-refractivity contribution is -0.118. The fraction of sp³-hybridized carbons (Fsp3) is 0.381. The van der Waals surface area contributed by atoms with Gasteiger partial charge in [-0.1, -0.05) is 6.07 Å². The number of hydrogen-bond acceptors (Lipinski definition) is 5. The van der Waals surface area contributed by atoms with Crippen LogP contribution in [0.3, 0.4) is 0 Å². The largest absolute Gasteiger partial charge is 0.493 e. The maximum absolute atomic E-state index is 12.5. The molecule has 2 aromatic rings. The second kappa shape index (κ2) is 9.71. The summed E-state index contributed by atoms with van der Waals surface area (Å²) in [5.74, 6) is 2.67. The van der Waals surface area contributed by atoms with Gasteiger partial charge in [-0.25, -0.2) is 0 Å². The molecule has 0 aliphatic rings. The van der Waals surface area contributed by atoms with Crippen LogP contribution in [0.5, 0.6) is 23.0 Å². The number of anilines is 1. The molecular formula is C21H27NO5. The van der Waals surface area contributed by atoms with Crippen molar-refractivity contribution >= 4 is 11.6 Å². The Hall–Kier alpha value is -2.89. The minimum absolute atomic E-state index is 0.0442. The molecule has 2 rings (SSSR count). The first-order valence-electron chi connectivity index (χ1n) is 8.73. The van der Waals surface area contributed by atoms with Crippen molar-refractivity contribution < 1.29 is 23.7 Å². The first-order valence-corrected chi connectivity index (χ1v) is 8.73. The van der Waals surface area contributed by atoms with E-state index in [1.165, 1.54) is 0 Å². The summed E-state index contributed by atoms with van der Waals surface area (Å²) in [6.07, 6.45) is 1.97. The summed E-state index contributed by atoms with van der Waals surface area (Å²) in [5.41, 5.74) is 1.87. The molecule has 0 saturated carbocycles. The maximum atomic E-state index is 12.5. The van der Waals surface area contributed by atoms with E-state index in [1.807, 2.05) is 24.3 Å². The molecule has 0 unspecified atom stereocenters. The third kappa shape index (κ3) is 5.06. The minimum atomic E-state index is 0.0442. The number of benzene rings is 2. The van der Waals surface area contributed by atoms with E-state index in [4.69, 9.17) is 18.9 Å². The van der Waals surface area contributed by atoms with Crippen LogP contribution in [-0.2, 0) is 11.2 Å². The Balaban J connectivity index is 1.95. The topological polar surface area (TPSA) is 57.2 Å². The van der Waals surface area contributed by atoms with Gasteiger partial charge in [0.15, 0.2) is 23.0 Å². The van der Waals surface area contributed by atoms with Crippen LogP contribution in [0.25, 0.3) is 0 Å². The molecule has 2 aromatic carbocycles. The van der Waals surface area contributed by atoms with E-state index < -0.39 is 0 Å². The highest BCUT2D eigenvalue weighted by atomic mass is 16.5. The number of hydrogen-bond donors (Lipinski definition) is 0. The SMILES string of the molecule is COc1ccc(CCCC(=O)N(C)c2ccc(OC)c(OC)c2)cc1OC. The molecule has 0 bridgehead atoms. The van der Waals surface area contributed by atoms with E-state index in [-0.39, 0.29) is 5.91 Å². The Morgan fingerprint density at radius 2 is 1.37 bits per heavy atom. The Kier molecular flexibility index (Phi) is 7.34. The summed E-state index contributed by atoms with van der Waals surface area (Å²) in [5, 5.41) is 0. The molecule has 0 aliphatic carbocycles. The lowest BCUT2D eigenvalue weighted by Crippen LogP contribution is -2.26. The molecule has 0 radical (unpaired) electrons. The fourth-order valence-corrected chi connectivity index (χ4v) is 2.83. The molecule has 146 valence electrons. The lowest BCUT2D eigenvalue weighted by Gasteiger charge is -2.19. The van der Waals surface area contributed by atoms with Crippen LogP contribution >= 0.6 is 0 Å². The monoisotopic (exact) mass is 373 g/mol. The van der Waals surface area contributed by atoms with E-state index in [9.17, 15) is 4.79 Å². The van der Waals surface area contributed by atoms with Crippen molar-refractivity contribution in [3.63, 3.8) is 0 Å². The second-order valence-corrected chi connectivity index (χ2v) is 6.03. The Labute approximate surface area is 160 Å². The van der Waals surface area contributed by atoms with E-state index in [1.54, 1.807) is 52.5 Å². The van der Waals surface area contributed by atoms with Crippen LogP contribution in [-0.4, -0.2) is 41.4 Å². The molecule has 0 atom stereocenters. The first kappa shape index (κ1) is 20.4. The van der Waals surface area contributed by atoms with Gasteiger partial charge >= 0.3 is 0 Å². The number of methoxy groups -OCH3 is 4. The third-order valence-corrected chi connectivity index (χ3v) is 4.43. The van der Waals surface area contributed by atoms with E-state index in [0.717, 1.165) is 24.1 Å². The molecular weight excluding hydrogens is 346 g/mol. The summed E-state index contributed by atoms with van der Waals surface area (Å²) < 4.78 is 21.1. The Morgan fingerprint density at radius 1 is 0.815 bits per heavy atom. The van der Waals surface area contributed by atoms with Gasteiger partial charge in [-0.3, -0.25) is 4.79 Å². The van der Waals surface area contributed by atoms with Crippen molar-refractivity contribution in [3.8, 4) is 23.0 Å². The molecule has 6 heteroatoms. The number of aryl methyl sites for hydroxylation is 1. The summed E-state index contributed by atoms with van der Waals surface area (Å²) in [6.45, 7) is 0. The number of carbonyl (C=O) groups excluding carboxylic acids is 1. The van der Waals surface area contributed by atoms with Crippen LogP contribution in [0.2, 0.25) is 0 Å². The average Bonchev–Trinajstić information content (AvgIpc) is 2.72. The van der Waals surface area contributed by atoms with Crippen molar-refractivity contribution in [3.05, 3.63) is 42.0 Å². The van der Waals surface area contributed by atoms with Crippen molar-refractivity contribution in [2.24, 2.45) is 0 Å². The number of rotatable bonds is 9. The average molecular weight is 373 g/mol. The first-order chi connectivity index (χ1) is 13.0. The zero-order chi connectivity index (χ0) is 19.8. The standard InChI is InChI=1S/C21H27NO5/c1-22(16-10-12-18(25-3)20(14-16)27-5)21(23)8-6-7-15-9-11-17(24-2)19(13-15)26-4/h9-14H,6-8H2,1-5H3. The molecule has 0 saturated heterocycles. The van der Waals surface area contributed by atoms with Crippen LogP contribution in [0.15, 0.2) is 36.4 Å². The molecule has 1 amide bonds. The summed E-state index contributed by atoms with van der Waals surface area (Å²) >= 11 is 0. The molecule has 0 spiro atoms. The Bertz CT molecular complexity index is 775. The van der Waals surface area contributed by atoms with Crippen molar-refractivity contribution in [2.45, 2.75) is 19.3 Å². The van der Waals surface area contributed by atoms with Gasteiger partial charge in [0.25, 0.3) is 0 Å². The fourth-order valence-electron chi connectivity index (χ4n) is 2.83. The van der Waals surface area contributed by atoms with Crippen molar-refractivity contribution in [2.75, 3.05) is 40.4 Å². The van der Waals surface area contributed by atoms with Gasteiger partial charge < -0.3 is 23.8 Å². The second-order valence-electron chi connectivity index (χ2n) is 6.03. The van der Waals surface area contributed by atoms with Gasteiger partial charge in [0.05, 0.1) is 28.4 Å². The zero-order valence-electron chi connectivity index (χ0n) is 16.6. The third-order valence-electron chi connectivity index (χ3n) is 4.43. The highest BCUT2D eigenvalue weighted by Gasteiger charge is 2.14. The lowest BCUT2D eigenvalue weighted by atomic mass is 10.1. The van der Waals surface area contributed by atoms with Crippen molar-refractivity contribution in [1.29, 1.82) is 0 Å². The highest BCUT2D eigenvalue weighted by molar-refractivity contribution is 5.93. The number of ether oxygens (including phenoxy) is 4. The molecule has 0 N–H and O–H groups in total. The van der Waals surface area contributed by atoms with E-state index in [0.29, 0.717) is 29.4 Å². The minimum Gasteiger partial charge on any atom is -0.493 e. The van der Waals surface area contributed by atoms with E-state index >= 15 is 0 Å². The highest BCUT2D eigenvalue weighted by Crippen LogP contribution is 2.31. The number of amides is 1. The predicted molar refractivity (Wildman–Crippen MR) is 105 cm³/mol. The predicted octanol–water partition coefficient (Wildman–Crippen LogP) is 3.71. The summed E-state index contributed by atoms with van der Waals surface area (Å²) in [4.78, 5) is 14.2.